The Morgan fingerprint density at radius 2 is 2.19 bits per heavy atom. The second kappa shape index (κ2) is 6.09. The number of aryl methyl sites for hydroxylation is 1. The van der Waals surface area contributed by atoms with Gasteiger partial charge in [0, 0.05) is 18.8 Å². The van der Waals surface area contributed by atoms with Crippen molar-refractivity contribution in [1.29, 1.82) is 5.26 Å². The zero-order valence-corrected chi connectivity index (χ0v) is 9.77. The van der Waals surface area contributed by atoms with E-state index in [1.807, 2.05) is 11.8 Å². The van der Waals surface area contributed by atoms with Crippen LogP contribution in [0.3, 0.4) is 0 Å². The first-order chi connectivity index (χ1) is 7.71. The smallest absolute Gasteiger partial charge is 0.130 e. The van der Waals surface area contributed by atoms with Gasteiger partial charge in [-0.15, -0.1) is 0 Å². The molecular weight excluding hydrogens is 202 g/mol. The third kappa shape index (κ3) is 3.21. The Bertz CT molecular complexity index is 378. The Labute approximate surface area is 96.2 Å². The Morgan fingerprint density at radius 1 is 1.44 bits per heavy atom. The number of aliphatic hydroxyl groups excluding tert-OH is 1. The molecule has 0 aromatic carbocycles. The predicted molar refractivity (Wildman–Crippen MR) is 63.3 cm³/mol. The van der Waals surface area contributed by atoms with Gasteiger partial charge in [0.05, 0.1) is 18.2 Å². The van der Waals surface area contributed by atoms with Crippen molar-refractivity contribution in [2.24, 2.45) is 0 Å². The summed E-state index contributed by atoms with van der Waals surface area (Å²) in [6.07, 6.45) is 0.984. The number of hydrogen-bond donors (Lipinski definition) is 1. The number of hydrogen-bond acceptors (Lipinski definition) is 4. The van der Waals surface area contributed by atoms with Crippen molar-refractivity contribution in [1.82, 2.24) is 4.98 Å². The molecule has 4 nitrogen and oxygen atoms in total. The number of nitrogens with zero attached hydrogens (tertiary/aromatic N) is 3. The second-order valence-electron chi connectivity index (χ2n) is 3.68. The van der Waals surface area contributed by atoms with Crippen molar-refractivity contribution in [3.8, 4) is 6.07 Å². The van der Waals surface area contributed by atoms with E-state index in [0.717, 1.165) is 24.5 Å². The van der Waals surface area contributed by atoms with Gasteiger partial charge in [-0.05, 0) is 25.5 Å². The van der Waals surface area contributed by atoms with Gasteiger partial charge in [0.1, 0.15) is 5.82 Å². The van der Waals surface area contributed by atoms with Crippen molar-refractivity contribution in [3.05, 3.63) is 23.4 Å². The average Bonchev–Trinajstić information content (AvgIpc) is 2.28. The predicted octanol–water partition coefficient (Wildman–Crippen LogP) is 1.47. The largest absolute Gasteiger partial charge is 0.395 e. The molecule has 1 heterocycles. The minimum absolute atomic E-state index is 0.0948. The normalized spacial score (nSPS) is 9.88. The van der Waals surface area contributed by atoms with Crippen LogP contribution in [0.4, 0.5) is 5.82 Å². The molecule has 0 unspecified atom stereocenters. The molecule has 16 heavy (non-hydrogen) atoms. The van der Waals surface area contributed by atoms with Crippen LogP contribution in [0.15, 0.2) is 12.1 Å². The van der Waals surface area contributed by atoms with Gasteiger partial charge in [-0.25, -0.2) is 4.98 Å². The molecular formula is C12H17N3O. The highest BCUT2D eigenvalue weighted by Crippen LogP contribution is 2.14. The lowest BCUT2D eigenvalue weighted by molar-refractivity contribution is 0.301. The molecule has 1 aromatic rings. The monoisotopic (exact) mass is 219 g/mol. The van der Waals surface area contributed by atoms with Crippen LogP contribution in [0, 0.1) is 18.3 Å². The Kier molecular flexibility index (Phi) is 4.74. The zero-order valence-electron chi connectivity index (χ0n) is 9.77. The Balaban J connectivity index is 2.99. The van der Waals surface area contributed by atoms with Gasteiger partial charge in [0.25, 0.3) is 0 Å². The molecule has 0 aliphatic rings. The van der Waals surface area contributed by atoms with E-state index < -0.39 is 0 Å². The van der Waals surface area contributed by atoms with Gasteiger partial charge in [-0.2, -0.15) is 5.26 Å². The standard InChI is InChI=1S/C12H17N3O/c1-3-4-15(5-6-16)12-8-11(9-13)7-10(2)14-12/h7-8,16H,3-6H2,1-2H3. The van der Waals surface area contributed by atoms with E-state index in [1.54, 1.807) is 12.1 Å². The van der Waals surface area contributed by atoms with Gasteiger partial charge < -0.3 is 10.0 Å². The number of rotatable bonds is 5. The summed E-state index contributed by atoms with van der Waals surface area (Å²) in [6.45, 7) is 5.42. The summed E-state index contributed by atoms with van der Waals surface area (Å²) in [5.41, 5.74) is 1.44. The van der Waals surface area contributed by atoms with E-state index in [1.165, 1.54) is 0 Å². The van der Waals surface area contributed by atoms with Crippen molar-refractivity contribution in [3.63, 3.8) is 0 Å². The number of aliphatic hydroxyl groups is 1. The number of anilines is 1. The third-order valence-corrected chi connectivity index (χ3v) is 2.26. The van der Waals surface area contributed by atoms with Crippen LogP contribution in [0.1, 0.15) is 24.6 Å². The number of aromatic nitrogens is 1. The van der Waals surface area contributed by atoms with E-state index in [4.69, 9.17) is 10.4 Å². The summed E-state index contributed by atoms with van der Waals surface area (Å²) in [7, 11) is 0. The van der Waals surface area contributed by atoms with E-state index in [9.17, 15) is 0 Å². The van der Waals surface area contributed by atoms with E-state index >= 15 is 0 Å². The van der Waals surface area contributed by atoms with Crippen molar-refractivity contribution in [2.75, 3.05) is 24.6 Å². The fourth-order valence-electron chi connectivity index (χ4n) is 1.61. The first-order valence-corrected chi connectivity index (χ1v) is 5.45. The topological polar surface area (TPSA) is 60.1 Å². The Hall–Kier alpha value is -1.60. The van der Waals surface area contributed by atoms with Crippen LogP contribution >= 0.6 is 0 Å². The molecule has 0 bridgehead atoms. The van der Waals surface area contributed by atoms with Crippen molar-refractivity contribution >= 4 is 5.82 Å². The minimum Gasteiger partial charge on any atom is -0.395 e. The highest BCUT2D eigenvalue weighted by molar-refractivity contribution is 5.46. The van der Waals surface area contributed by atoms with Gasteiger partial charge >= 0.3 is 0 Å². The molecule has 1 rings (SSSR count). The van der Waals surface area contributed by atoms with E-state index in [-0.39, 0.29) is 6.61 Å². The van der Waals surface area contributed by atoms with Crippen LogP contribution in [0.25, 0.3) is 0 Å². The van der Waals surface area contributed by atoms with Gasteiger partial charge in [-0.1, -0.05) is 6.92 Å². The molecule has 0 fully saturated rings. The molecule has 0 aliphatic carbocycles. The third-order valence-electron chi connectivity index (χ3n) is 2.26. The molecule has 0 aliphatic heterocycles. The first kappa shape index (κ1) is 12.5. The highest BCUT2D eigenvalue weighted by atomic mass is 16.3. The maximum absolute atomic E-state index is 8.99. The van der Waals surface area contributed by atoms with Crippen LogP contribution < -0.4 is 4.90 Å². The lowest BCUT2D eigenvalue weighted by Crippen LogP contribution is -2.28. The summed E-state index contributed by atoms with van der Waals surface area (Å²) in [5.74, 6) is 0.771. The fourth-order valence-corrected chi connectivity index (χ4v) is 1.61. The molecule has 0 radical (unpaired) electrons. The lowest BCUT2D eigenvalue weighted by Gasteiger charge is -2.22. The molecule has 0 atom stereocenters. The quantitative estimate of drug-likeness (QED) is 0.814. The molecule has 86 valence electrons. The maximum atomic E-state index is 8.99. The molecule has 1 N–H and O–H groups in total. The van der Waals surface area contributed by atoms with Crippen LogP contribution in [0.2, 0.25) is 0 Å². The summed E-state index contributed by atoms with van der Waals surface area (Å²) < 4.78 is 0. The number of pyridine rings is 1. The molecule has 4 heteroatoms. The lowest BCUT2D eigenvalue weighted by atomic mass is 10.2. The average molecular weight is 219 g/mol. The van der Waals surface area contributed by atoms with Gasteiger partial charge in [0.2, 0.25) is 0 Å². The summed E-state index contributed by atoms with van der Waals surface area (Å²) in [6, 6.07) is 5.64. The molecule has 0 saturated heterocycles. The number of nitriles is 1. The highest BCUT2D eigenvalue weighted by Gasteiger charge is 2.08. The van der Waals surface area contributed by atoms with Crippen LogP contribution in [-0.2, 0) is 0 Å². The van der Waals surface area contributed by atoms with Gasteiger partial charge in [0.15, 0.2) is 0 Å². The van der Waals surface area contributed by atoms with Crippen LogP contribution in [0.5, 0.6) is 0 Å². The Morgan fingerprint density at radius 3 is 2.75 bits per heavy atom. The minimum atomic E-state index is 0.0948. The molecule has 0 spiro atoms. The summed E-state index contributed by atoms with van der Waals surface area (Å²) in [4.78, 5) is 6.38. The van der Waals surface area contributed by atoms with E-state index in [2.05, 4.69) is 18.0 Å². The van der Waals surface area contributed by atoms with Crippen LogP contribution in [-0.4, -0.2) is 29.8 Å². The fraction of sp³-hybridized carbons (Fsp3) is 0.500. The SMILES string of the molecule is CCCN(CCO)c1cc(C#N)cc(C)n1. The molecule has 0 saturated carbocycles. The van der Waals surface area contributed by atoms with Gasteiger partial charge in [-0.3, -0.25) is 0 Å². The maximum Gasteiger partial charge on any atom is 0.130 e. The van der Waals surface area contributed by atoms with Crippen molar-refractivity contribution < 1.29 is 5.11 Å². The molecule has 0 amide bonds. The zero-order chi connectivity index (χ0) is 12.0. The molecule has 1 aromatic heterocycles. The first-order valence-electron chi connectivity index (χ1n) is 5.45. The van der Waals surface area contributed by atoms with Crippen molar-refractivity contribution in [2.45, 2.75) is 20.3 Å². The summed E-state index contributed by atoms with van der Waals surface area (Å²) >= 11 is 0. The summed E-state index contributed by atoms with van der Waals surface area (Å²) in [5, 5.41) is 17.9. The van der Waals surface area contributed by atoms with E-state index in [0.29, 0.717) is 12.1 Å². The second-order valence-corrected chi connectivity index (χ2v) is 3.68.